The highest BCUT2D eigenvalue weighted by Crippen LogP contribution is 2.39. The van der Waals surface area contributed by atoms with Crippen LogP contribution in [-0.2, 0) is 11.3 Å². The van der Waals surface area contributed by atoms with E-state index >= 15 is 0 Å². The van der Waals surface area contributed by atoms with E-state index in [0.29, 0.717) is 29.9 Å². The monoisotopic (exact) mass is 418 g/mol. The summed E-state index contributed by atoms with van der Waals surface area (Å²) in [5.41, 5.74) is 3.40. The van der Waals surface area contributed by atoms with Crippen LogP contribution in [0.25, 0.3) is 11.3 Å². The van der Waals surface area contributed by atoms with Crippen molar-refractivity contribution in [1.29, 1.82) is 0 Å². The van der Waals surface area contributed by atoms with E-state index in [2.05, 4.69) is 15.7 Å². The molecule has 1 aliphatic carbocycles. The smallest absolute Gasteiger partial charge is 0.342 e. The van der Waals surface area contributed by atoms with Gasteiger partial charge in [-0.1, -0.05) is 43.7 Å². The first kappa shape index (κ1) is 20.7. The summed E-state index contributed by atoms with van der Waals surface area (Å²) >= 11 is 0. The molecule has 2 amide bonds. The lowest BCUT2D eigenvalue weighted by Gasteiger charge is -2.25. The normalized spacial score (nSPS) is 13.5. The van der Waals surface area contributed by atoms with Gasteiger partial charge in [-0.2, -0.15) is 9.78 Å². The maximum absolute atomic E-state index is 12.9. The molecule has 7 heteroatoms. The van der Waals surface area contributed by atoms with Crippen molar-refractivity contribution in [1.82, 2.24) is 15.1 Å². The average molecular weight is 418 g/mol. The SMILES string of the molecule is CCC(=O)Nc1ccc(O)c(-c2cc(C3CCC3)n(C(=O)NCc3ccccc3)n2)c1. The van der Waals surface area contributed by atoms with Crippen molar-refractivity contribution < 1.29 is 14.7 Å². The van der Waals surface area contributed by atoms with Crippen LogP contribution in [0.2, 0.25) is 0 Å². The third-order valence-electron chi connectivity index (χ3n) is 5.62. The number of carbonyl (C=O) groups is 2. The molecule has 0 aliphatic heterocycles. The summed E-state index contributed by atoms with van der Waals surface area (Å²) in [5, 5.41) is 20.7. The first-order chi connectivity index (χ1) is 15.0. The molecule has 0 saturated heterocycles. The number of hydrogen-bond donors (Lipinski definition) is 3. The largest absolute Gasteiger partial charge is 0.507 e. The van der Waals surface area contributed by atoms with Gasteiger partial charge in [0.25, 0.3) is 0 Å². The van der Waals surface area contributed by atoms with Gasteiger partial charge in [0.1, 0.15) is 5.75 Å². The highest BCUT2D eigenvalue weighted by Gasteiger charge is 2.27. The Bertz CT molecular complexity index is 1090. The minimum atomic E-state index is -0.299. The van der Waals surface area contributed by atoms with Crippen LogP contribution in [0.5, 0.6) is 5.75 Å². The van der Waals surface area contributed by atoms with Gasteiger partial charge in [-0.3, -0.25) is 4.79 Å². The number of nitrogens with zero attached hydrogens (tertiary/aromatic N) is 2. The van der Waals surface area contributed by atoms with Crippen molar-refractivity contribution in [3.8, 4) is 17.0 Å². The van der Waals surface area contributed by atoms with Gasteiger partial charge in [-0.05, 0) is 42.7 Å². The van der Waals surface area contributed by atoms with Gasteiger partial charge in [0.2, 0.25) is 5.91 Å². The lowest BCUT2D eigenvalue weighted by Crippen LogP contribution is -2.31. The quantitative estimate of drug-likeness (QED) is 0.509. The average Bonchev–Trinajstić information content (AvgIpc) is 3.17. The number of phenolic OH excluding ortho intramolecular Hbond substituents is 1. The van der Waals surface area contributed by atoms with E-state index in [9.17, 15) is 14.7 Å². The summed E-state index contributed by atoms with van der Waals surface area (Å²) in [6, 6.07) is 16.1. The number of nitrogens with one attached hydrogen (secondary N) is 2. The first-order valence-corrected chi connectivity index (χ1v) is 10.6. The molecular weight excluding hydrogens is 392 g/mol. The van der Waals surface area contributed by atoms with Gasteiger partial charge < -0.3 is 15.7 Å². The molecule has 0 atom stereocenters. The molecule has 0 unspecified atom stereocenters. The number of aromatic hydroxyl groups is 1. The summed E-state index contributed by atoms with van der Waals surface area (Å²) in [7, 11) is 0. The predicted octanol–water partition coefficient (Wildman–Crippen LogP) is 4.63. The Morgan fingerprint density at radius 3 is 2.58 bits per heavy atom. The highest BCUT2D eigenvalue weighted by atomic mass is 16.3. The Balaban J connectivity index is 1.62. The molecule has 1 aliphatic rings. The highest BCUT2D eigenvalue weighted by molar-refractivity contribution is 5.91. The number of anilines is 1. The van der Waals surface area contributed by atoms with E-state index in [1.807, 2.05) is 36.4 Å². The zero-order valence-electron chi connectivity index (χ0n) is 17.5. The minimum Gasteiger partial charge on any atom is -0.507 e. The Hall–Kier alpha value is -3.61. The molecule has 7 nitrogen and oxygen atoms in total. The summed E-state index contributed by atoms with van der Waals surface area (Å²) in [6.07, 6.45) is 3.50. The third kappa shape index (κ3) is 4.60. The molecule has 1 saturated carbocycles. The van der Waals surface area contributed by atoms with Gasteiger partial charge in [-0.15, -0.1) is 0 Å². The second-order valence-corrected chi connectivity index (χ2v) is 7.77. The van der Waals surface area contributed by atoms with E-state index in [-0.39, 0.29) is 23.6 Å². The maximum atomic E-state index is 12.9. The Kier molecular flexibility index (Phi) is 6.02. The molecule has 1 fully saturated rings. The summed E-state index contributed by atoms with van der Waals surface area (Å²) < 4.78 is 1.42. The van der Waals surface area contributed by atoms with Crippen LogP contribution in [0.1, 0.15) is 49.8 Å². The van der Waals surface area contributed by atoms with Crippen molar-refractivity contribution >= 4 is 17.6 Å². The van der Waals surface area contributed by atoms with Gasteiger partial charge in [0, 0.05) is 30.1 Å². The number of phenols is 1. The molecule has 2 aromatic carbocycles. The van der Waals surface area contributed by atoms with Crippen LogP contribution in [0.3, 0.4) is 0 Å². The lowest BCUT2D eigenvalue weighted by atomic mass is 9.82. The van der Waals surface area contributed by atoms with Crippen LogP contribution in [0.15, 0.2) is 54.6 Å². The first-order valence-electron chi connectivity index (χ1n) is 10.6. The number of rotatable bonds is 6. The number of aromatic nitrogens is 2. The van der Waals surface area contributed by atoms with Crippen LogP contribution in [0.4, 0.5) is 10.5 Å². The fraction of sp³-hybridized carbons (Fsp3) is 0.292. The molecule has 0 spiro atoms. The van der Waals surface area contributed by atoms with Crippen molar-refractivity contribution in [3.63, 3.8) is 0 Å². The predicted molar refractivity (Wildman–Crippen MR) is 119 cm³/mol. The second kappa shape index (κ2) is 9.04. The van der Waals surface area contributed by atoms with Gasteiger partial charge >= 0.3 is 6.03 Å². The fourth-order valence-corrected chi connectivity index (χ4v) is 3.60. The Morgan fingerprint density at radius 1 is 1.13 bits per heavy atom. The summed E-state index contributed by atoms with van der Waals surface area (Å²) in [5.74, 6) is 0.204. The third-order valence-corrected chi connectivity index (χ3v) is 5.62. The molecule has 0 radical (unpaired) electrons. The lowest BCUT2D eigenvalue weighted by molar-refractivity contribution is -0.115. The van der Waals surface area contributed by atoms with Crippen molar-refractivity contribution in [2.24, 2.45) is 0 Å². The molecule has 1 heterocycles. The van der Waals surface area contributed by atoms with Crippen LogP contribution in [0, 0.1) is 0 Å². The zero-order valence-corrected chi connectivity index (χ0v) is 17.5. The molecular formula is C24H26N4O3. The van der Waals surface area contributed by atoms with Crippen molar-refractivity contribution in [3.05, 3.63) is 65.9 Å². The molecule has 0 bridgehead atoms. The van der Waals surface area contributed by atoms with E-state index in [1.54, 1.807) is 19.1 Å². The summed E-state index contributed by atoms with van der Waals surface area (Å²) in [6.45, 7) is 2.18. The van der Waals surface area contributed by atoms with E-state index in [4.69, 9.17) is 0 Å². The van der Waals surface area contributed by atoms with E-state index < -0.39 is 0 Å². The van der Waals surface area contributed by atoms with Gasteiger partial charge in [0.05, 0.1) is 11.4 Å². The Labute approximate surface area is 181 Å². The van der Waals surface area contributed by atoms with Crippen molar-refractivity contribution in [2.45, 2.75) is 45.1 Å². The molecule has 31 heavy (non-hydrogen) atoms. The molecule has 1 aromatic heterocycles. The topological polar surface area (TPSA) is 96.2 Å². The minimum absolute atomic E-state index is 0.0454. The van der Waals surface area contributed by atoms with E-state index in [1.165, 1.54) is 10.7 Å². The van der Waals surface area contributed by atoms with E-state index in [0.717, 1.165) is 30.5 Å². The number of carbonyl (C=O) groups excluding carboxylic acids is 2. The molecule has 160 valence electrons. The number of hydrogen-bond acceptors (Lipinski definition) is 4. The van der Waals surface area contributed by atoms with Gasteiger partial charge in [0.15, 0.2) is 0 Å². The fourth-order valence-electron chi connectivity index (χ4n) is 3.60. The number of amides is 2. The molecule has 4 rings (SSSR count). The molecule has 3 N–H and O–H groups in total. The van der Waals surface area contributed by atoms with Crippen LogP contribution in [-0.4, -0.2) is 26.8 Å². The zero-order chi connectivity index (χ0) is 21.8. The second-order valence-electron chi connectivity index (χ2n) is 7.77. The van der Waals surface area contributed by atoms with Crippen LogP contribution < -0.4 is 10.6 Å². The van der Waals surface area contributed by atoms with Crippen molar-refractivity contribution in [2.75, 3.05) is 5.32 Å². The number of benzene rings is 2. The summed E-state index contributed by atoms with van der Waals surface area (Å²) in [4.78, 5) is 24.7. The maximum Gasteiger partial charge on any atom is 0.342 e. The van der Waals surface area contributed by atoms with Crippen LogP contribution >= 0.6 is 0 Å². The standard InChI is InChI=1S/C24H26N4O3/c1-2-23(30)26-18-11-12-22(29)19(13-18)20-14-21(17-9-6-10-17)28(27-20)24(31)25-15-16-7-4-3-5-8-16/h3-5,7-8,11-14,17,29H,2,6,9-10,15H2,1H3,(H,25,31)(H,26,30). The van der Waals surface area contributed by atoms with Gasteiger partial charge in [-0.25, -0.2) is 4.79 Å². The Morgan fingerprint density at radius 2 is 1.90 bits per heavy atom. The molecule has 3 aromatic rings.